The summed E-state index contributed by atoms with van der Waals surface area (Å²) in [6.45, 7) is -0.0643. The van der Waals surface area contributed by atoms with Crippen molar-refractivity contribution in [2.45, 2.75) is 12.3 Å². The molecule has 2 aromatic rings. The number of benzene rings is 2. The number of nitrogens with zero attached hydrogens (tertiary/aromatic N) is 1. The monoisotopic (exact) mass is 267 g/mol. The number of ether oxygens (including phenoxy) is 1. The van der Waals surface area contributed by atoms with Crippen molar-refractivity contribution >= 4 is 16.5 Å². The molecule has 0 saturated heterocycles. The largest absolute Gasteiger partial charge is 0.419 e. The van der Waals surface area contributed by atoms with Gasteiger partial charge in [0.15, 0.2) is 6.10 Å². The van der Waals surface area contributed by atoms with Gasteiger partial charge in [-0.2, -0.15) is 13.2 Å². The minimum absolute atomic E-state index is 0.0643. The van der Waals surface area contributed by atoms with E-state index in [9.17, 15) is 13.2 Å². The molecule has 3 rings (SSSR count). The first kappa shape index (κ1) is 12.3. The van der Waals surface area contributed by atoms with Crippen LogP contribution in [0.1, 0.15) is 11.7 Å². The van der Waals surface area contributed by atoms with Gasteiger partial charge in [0.2, 0.25) is 0 Å². The highest BCUT2D eigenvalue weighted by Crippen LogP contribution is 2.45. The van der Waals surface area contributed by atoms with Gasteiger partial charge in [-0.3, -0.25) is 0 Å². The van der Waals surface area contributed by atoms with Crippen LogP contribution >= 0.6 is 0 Å². The molecule has 0 fully saturated rings. The van der Waals surface area contributed by atoms with Gasteiger partial charge in [-0.15, -0.1) is 0 Å². The van der Waals surface area contributed by atoms with E-state index in [1.807, 2.05) is 24.3 Å². The average Bonchev–Trinajstić information content (AvgIpc) is 2.37. The van der Waals surface area contributed by atoms with Crippen molar-refractivity contribution in [3.8, 4) is 0 Å². The highest BCUT2D eigenvalue weighted by Gasteiger charge is 2.45. The van der Waals surface area contributed by atoms with Crippen molar-refractivity contribution in [1.29, 1.82) is 0 Å². The fourth-order valence-corrected chi connectivity index (χ4v) is 2.52. The maximum absolute atomic E-state index is 13.0. The van der Waals surface area contributed by atoms with E-state index in [1.54, 1.807) is 18.0 Å². The van der Waals surface area contributed by atoms with E-state index < -0.39 is 12.3 Å². The van der Waals surface area contributed by atoms with Crippen LogP contribution < -0.4 is 4.90 Å². The van der Waals surface area contributed by atoms with Crippen LogP contribution in [0.5, 0.6) is 0 Å². The van der Waals surface area contributed by atoms with Crippen LogP contribution in [0.2, 0.25) is 0 Å². The molecule has 1 heterocycles. The molecule has 19 heavy (non-hydrogen) atoms. The smallest absolute Gasteiger partial charge is 0.351 e. The third kappa shape index (κ3) is 1.94. The fourth-order valence-electron chi connectivity index (χ4n) is 2.52. The Balaban J connectivity index is 2.27. The topological polar surface area (TPSA) is 12.5 Å². The highest BCUT2D eigenvalue weighted by molar-refractivity contribution is 5.96. The molecule has 100 valence electrons. The van der Waals surface area contributed by atoms with Crippen molar-refractivity contribution in [3.05, 3.63) is 42.0 Å². The molecule has 2 aromatic carbocycles. The van der Waals surface area contributed by atoms with Crippen LogP contribution in [0.15, 0.2) is 36.4 Å². The van der Waals surface area contributed by atoms with Gasteiger partial charge in [-0.1, -0.05) is 36.4 Å². The van der Waals surface area contributed by atoms with Crippen LogP contribution in [-0.2, 0) is 4.74 Å². The first-order valence-electron chi connectivity index (χ1n) is 5.89. The second-order valence-electron chi connectivity index (χ2n) is 4.64. The first-order chi connectivity index (χ1) is 8.98. The van der Waals surface area contributed by atoms with Gasteiger partial charge in [-0.25, -0.2) is 0 Å². The third-order valence-electron chi connectivity index (χ3n) is 3.33. The van der Waals surface area contributed by atoms with Crippen LogP contribution in [0.25, 0.3) is 10.8 Å². The standard InChI is InChI=1S/C14H12F3NO/c1-18-8-19-13(14(15,16)17)11-7-6-9-4-2-3-5-10(9)12(11)18/h2-7,13H,8H2,1H3. The van der Waals surface area contributed by atoms with E-state index in [-0.39, 0.29) is 12.3 Å². The summed E-state index contributed by atoms with van der Waals surface area (Å²) in [5, 5.41) is 1.75. The minimum Gasteiger partial charge on any atom is -0.351 e. The zero-order valence-corrected chi connectivity index (χ0v) is 10.2. The average molecular weight is 267 g/mol. The van der Waals surface area contributed by atoms with Crippen molar-refractivity contribution in [2.75, 3.05) is 18.7 Å². The maximum Gasteiger partial charge on any atom is 0.419 e. The van der Waals surface area contributed by atoms with E-state index in [0.717, 1.165) is 10.8 Å². The molecule has 0 N–H and O–H groups in total. The molecule has 0 bridgehead atoms. The van der Waals surface area contributed by atoms with Crippen molar-refractivity contribution in [1.82, 2.24) is 0 Å². The van der Waals surface area contributed by atoms with E-state index in [1.165, 1.54) is 6.07 Å². The van der Waals surface area contributed by atoms with E-state index in [0.29, 0.717) is 5.69 Å². The summed E-state index contributed by atoms with van der Waals surface area (Å²) in [5.74, 6) is 0. The fraction of sp³-hybridized carbons (Fsp3) is 0.286. The van der Waals surface area contributed by atoms with Crippen LogP contribution in [0.3, 0.4) is 0 Å². The van der Waals surface area contributed by atoms with E-state index in [2.05, 4.69) is 0 Å². The summed E-state index contributed by atoms with van der Waals surface area (Å²) in [5.41, 5.74) is 0.784. The number of anilines is 1. The minimum atomic E-state index is -4.39. The van der Waals surface area contributed by atoms with Crippen LogP contribution in [0.4, 0.5) is 18.9 Å². The highest BCUT2D eigenvalue weighted by atomic mass is 19.4. The molecular formula is C14H12F3NO. The SMILES string of the molecule is CN1COC(C(F)(F)F)c2ccc3ccccc3c21. The summed E-state index contributed by atoms with van der Waals surface area (Å²) in [6, 6.07) is 10.6. The summed E-state index contributed by atoms with van der Waals surface area (Å²) in [6.07, 6.45) is -6.23. The quantitative estimate of drug-likeness (QED) is 0.718. The molecule has 1 atom stereocenters. The van der Waals surface area contributed by atoms with Gasteiger partial charge < -0.3 is 9.64 Å². The number of alkyl halides is 3. The molecule has 2 nitrogen and oxygen atoms in total. The Hall–Kier alpha value is -1.75. The molecule has 0 spiro atoms. The van der Waals surface area contributed by atoms with Gasteiger partial charge in [0.05, 0.1) is 5.69 Å². The Labute approximate surface area is 108 Å². The second kappa shape index (κ2) is 4.13. The predicted octanol–water partition coefficient (Wildman–Crippen LogP) is 3.87. The van der Waals surface area contributed by atoms with Gasteiger partial charge in [0.25, 0.3) is 0 Å². The first-order valence-corrected chi connectivity index (χ1v) is 5.89. The molecule has 1 unspecified atom stereocenters. The Morgan fingerprint density at radius 2 is 1.89 bits per heavy atom. The van der Waals surface area contributed by atoms with Gasteiger partial charge in [-0.05, 0) is 5.39 Å². The lowest BCUT2D eigenvalue weighted by molar-refractivity contribution is -0.225. The molecular weight excluding hydrogens is 255 g/mol. The van der Waals surface area contributed by atoms with Crippen molar-refractivity contribution in [2.24, 2.45) is 0 Å². The van der Waals surface area contributed by atoms with Crippen LogP contribution in [-0.4, -0.2) is 20.0 Å². The third-order valence-corrected chi connectivity index (χ3v) is 3.33. The van der Waals surface area contributed by atoms with E-state index >= 15 is 0 Å². The lowest BCUT2D eigenvalue weighted by atomic mass is 9.98. The number of hydrogen-bond acceptors (Lipinski definition) is 2. The molecule has 1 aliphatic heterocycles. The summed E-state index contributed by atoms with van der Waals surface area (Å²) in [7, 11) is 1.73. The molecule has 0 aliphatic carbocycles. The number of rotatable bonds is 0. The van der Waals surface area contributed by atoms with Gasteiger partial charge >= 0.3 is 6.18 Å². The number of fused-ring (bicyclic) bond motifs is 3. The van der Waals surface area contributed by atoms with Crippen molar-refractivity contribution in [3.63, 3.8) is 0 Å². The maximum atomic E-state index is 13.0. The van der Waals surface area contributed by atoms with Crippen molar-refractivity contribution < 1.29 is 17.9 Å². The molecule has 0 radical (unpaired) electrons. The molecule has 0 amide bonds. The Morgan fingerprint density at radius 1 is 1.16 bits per heavy atom. The zero-order chi connectivity index (χ0) is 13.6. The summed E-state index contributed by atoms with van der Waals surface area (Å²) < 4.78 is 43.9. The van der Waals surface area contributed by atoms with Gasteiger partial charge in [0.1, 0.15) is 6.73 Å². The zero-order valence-electron chi connectivity index (χ0n) is 10.2. The van der Waals surface area contributed by atoms with Crippen LogP contribution in [0, 0.1) is 0 Å². The molecule has 0 saturated carbocycles. The Bertz CT molecular complexity index is 624. The van der Waals surface area contributed by atoms with E-state index in [4.69, 9.17) is 4.74 Å². The van der Waals surface area contributed by atoms with Gasteiger partial charge in [0, 0.05) is 18.0 Å². The predicted molar refractivity (Wildman–Crippen MR) is 67.1 cm³/mol. The summed E-state index contributed by atoms with van der Waals surface area (Å²) in [4.78, 5) is 1.71. The number of hydrogen-bond donors (Lipinski definition) is 0. The molecule has 5 heteroatoms. The normalized spacial score (nSPS) is 19.6. The Morgan fingerprint density at radius 3 is 2.63 bits per heavy atom. The second-order valence-corrected chi connectivity index (χ2v) is 4.64. The molecule has 0 aromatic heterocycles. The Kier molecular flexibility index (Phi) is 2.67. The molecule has 1 aliphatic rings. The lowest BCUT2D eigenvalue weighted by Crippen LogP contribution is -2.35. The lowest BCUT2D eigenvalue weighted by Gasteiger charge is -2.35. The number of halogens is 3. The summed E-state index contributed by atoms with van der Waals surface area (Å²) >= 11 is 0.